The predicted octanol–water partition coefficient (Wildman–Crippen LogP) is 2.61. The minimum Gasteiger partial charge on any atom is -0.490 e. The number of nitrogens with one attached hydrogen (secondary N) is 1. The second-order valence-corrected chi connectivity index (χ2v) is 7.38. The van der Waals surface area contributed by atoms with Gasteiger partial charge in [-0.05, 0) is 18.2 Å². The molecule has 2 unspecified atom stereocenters. The molecule has 1 aliphatic rings. The third-order valence-corrected chi connectivity index (χ3v) is 5.48. The zero-order valence-corrected chi connectivity index (χ0v) is 14.7. The molecule has 1 aliphatic heterocycles. The molecule has 6 nitrogen and oxygen atoms in total. The number of rotatable bonds is 6. The summed E-state index contributed by atoms with van der Waals surface area (Å²) in [4.78, 5) is 12.0. The van der Waals surface area contributed by atoms with Crippen molar-refractivity contribution in [3.8, 4) is 5.75 Å². The van der Waals surface area contributed by atoms with Crippen LogP contribution in [-0.4, -0.2) is 39.0 Å². The molecule has 4 rings (SSSR count). The maximum atomic E-state index is 12.8. The first-order valence-electron chi connectivity index (χ1n) is 8.20. The Kier molecular flexibility index (Phi) is 4.50. The molecule has 3 heterocycles. The maximum Gasteiger partial charge on any atom is 0.197 e. The highest BCUT2D eigenvalue weighted by Crippen LogP contribution is 2.32. The number of hydrogen-bond donors (Lipinski definition) is 1. The number of methoxy groups -OCH3 is 1. The van der Waals surface area contributed by atoms with Gasteiger partial charge in [-0.3, -0.25) is 9.19 Å². The van der Waals surface area contributed by atoms with Crippen molar-refractivity contribution >= 4 is 21.8 Å². The van der Waals surface area contributed by atoms with Crippen molar-refractivity contribution in [2.24, 2.45) is 0 Å². The van der Waals surface area contributed by atoms with Gasteiger partial charge in [-0.25, -0.2) is 4.98 Å². The molecule has 0 saturated carbocycles. The number of para-hydroxylation sites is 2. The topological polar surface area (TPSA) is 77.1 Å². The Balaban J connectivity index is 1.54. The number of H-pyrrole nitrogens is 1. The number of ether oxygens (including phenoxy) is 2. The average Bonchev–Trinajstić information content (AvgIpc) is 3.24. The van der Waals surface area contributed by atoms with E-state index < -0.39 is 10.8 Å². The van der Waals surface area contributed by atoms with E-state index in [2.05, 4.69) is 15.0 Å². The Morgan fingerprint density at radius 1 is 1.36 bits per heavy atom. The van der Waals surface area contributed by atoms with Gasteiger partial charge in [-0.1, -0.05) is 12.1 Å². The van der Waals surface area contributed by atoms with Crippen LogP contribution in [0.25, 0.3) is 11.0 Å². The predicted molar refractivity (Wildman–Crippen MR) is 95.1 cm³/mol. The molecule has 0 fully saturated rings. The minimum absolute atomic E-state index is 0.0949. The molecule has 2 atom stereocenters. The van der Waals surface area contributed by atoms with E-state index in [-0.39, 0.29) is 6.10 Å². The average molecular weight is 357 g/mol. The molecular weight excluding hydrogens is 338 g/mol. The van der Waals surface area contributed by atoms with Crippen molar-refractivity contribution in [2.45, 2.75) is 29.9 Å². The second kappa shape index (κ2) is 6.93. The fourth-order valence-corrected chi connectivity index (χ4v) is 4.12. The van der Waals surface area contributed by atoms with E-state index in [0.29, 0.717) is 17.5 Å². The van der Waals surface area contributed by atoms with Crippen molar-refractivity contribution in [1.82, 2.24) is 15.0 Å². The maximum absolute atomic E-state index is 12.8. The van der Waals surface area contributed by atoms with Crippen LogP contribution < -0.4 is 4.74 Å². The van der Waals surface area contributed by atoms with Crippen LogP contribution in [0.1, 0.15) is 17.7 Å². The van der Waals surface area contributed by atoms with Crippen LogP contribution in [0.4, 0.5) is 0 Å². The number of pyridine rings is 1. The van der Waals surface area contributed by atoms with Crippen molar-refractivity contribution in [2.75, 3.05) is 13.7 Å². The summed E-state index contributed by atoms with van der Waals surface area (Å²) in [5.74, 6) is 1.16. The Hall–Kier alpha value is -2.25. The van der Waals surface area contributed by atoms with Gasteiger partial charge in [0.05, 0.1) is 33.3 Å². The summed E-state index contributed by atoms with van der Waals surface area (Å²) in [6, 6.07) is 9.54. The van der Waals surface area contributed by atoms with Crippen LogP contribution in [0.3, 0.4) is 0 Å². The Morgan fingerprint density at radius 2 is 2.24 bits per heavy atom. The molecule has 0 bridgehead atoms. The number of hydrogen-bond acceptors (Lipinski definition) is 5. The summed E-state index contributed by atoms with van der Waals surface area (Å²) in [6.07, 6.45) is 3.41. The number of imidazole rings is 1. The molecule has 0 amide bonds. The molecule has 1 N–H and O–H groups in total. The van der Waals surface area contributed by atoms with Gasteiger partial charge in [0, 0.05) is 38.3 Å². The molecule has 0 spiro atoms. The number of nitrogens with zero attached hydrogens (tertiary/aromatic N) is 2. The first kappa shape index (κ1) is 16.2. The smallest absolute Gasteiger partial charge is 0.197 e. The summed E-state index contributed by atoms with van der Waals surface area (Å²) in [5, 5.41) is 0.482. The summed E-state index contributed by atoms with van der Waals surface area (Å²) in [5.41, 5.74) is 3.57. The van der Waals surface area contributed by atoms with Gasteiger partial charge >= 0.3 is 0 Å². The van der Waals surface area contributed by atoms with E-state index >= 15 is 0 Å². The zero-order chi connectivity index (χ0) is 17.2. The fourth-order valence-electron chi connectivity index (χ4n) is 3.06. The molecule has 0 aliphatic carbocycles. The highest BCUT2D eigenvalue weighted by Gasteiger charge is 2.26. The van der Waals surface area contributed by atoms with Crippen LogP contribution >= 0.6 is 0 Å². The SMILES string of the molecule is COCCC1Cc2c(ccnc2CS(=O)c2nc3ccccc3[nH]2)O1. The van der Waals surface area contributed by atoms with E-state index in [1.165, 1.54) is 0 Å². The van der Waals surface area contributed by atoms with Crippen molar-refractivity contribution in [1.29, 1.82) is 0 Å². The van der Waals surface area contributed by atoms with Gasteiger partial charge in [0.2, 0.25) is 0 Å². The third-order valence-electron chi connectivity index (χ3n) is 4.32. The third kappa shape index (κ3) is 3.29. The number of benzene rings is 1. The summed E-state index contributed by atoms with van der Waals surface area (Å²) in [7, 11) is 0.401. The van der Waals surface area contributed by atoms with Crippen LogP contribution in [0.5, 0.6) is 5.75 Å². The molecule has 0 saturated heterocycles. The number of fused-ring (bicyclic) bond motifs is 2. The Bertz CT molecular complexity index is 892. The fraction of sp³-hybridized carbons (Fsp3) is 0.333. The molecule has 2 aromatic heterocycles. The number of aromatic amines is 1. The van der Waals surface area contributed by atoms with Gasteiger partial charge in [0.1, 0.15) is 11.9 Å². The highest BCUT2D eigenvalue weighted by molar-refractivity contribution is 7.84. The van der Waals surface area contributed by atoms with Crippen LogP contribution in [0, 0.1) is 0 Å². The van der Waals surface area contributed by atoms with Crippen molar-refractivity contribution in [3.05, 3.63) is 47.8 Å². The van der Waals surface area contributed by atoms with E-state index in [1.54, 1.807) is 13.3 Å². The molecule has 25 heavy (non-hydrogen) atoms. The molecule has 7 heteroatoms. The van der Waals surface area contributed by atoms with Gasteiger partial charge in [0.15, 0.2) is 5.16 Å². The number of aromatic nitrogens is 3. The van der Waals surface area contributed by atoms with Gasteiger partial charge < -0.3 is 14.5 Å². The van der Waals surface area contributed by atoms with Crippen LogP contribution in [0.2, 0.25) is 0 Å². The summed E-state index contributed by atoms with van der Waals surface area (Å²) in [6.45, 7) is 0.659. The molecular formula is C18H19N3O3S. The molecule has 130 valence electrons. The van der Waals surface area contributed by atoms with Gasteiger partial charge in [-0.2, -0.15) is 0 Å². The molecule has 1 aromatic carbocycles. The van der Waals surface area contributed by atoms with E-state index in [4.69, 9.17) is 9.47 Å². The highest BCUT2D eigenvalue weighted by atomic mass is 32.2. The lowest BCUT2D eigenvalue weighted by Crippen LogP contribution is -2.15. The van der Waals surface area contributed by atoms with E-state index in [1.807, 2.05) is 30.3 Å². The van der Waals surface area contributed by atoms with Gasteiger partial charge in [0.25, 0.3) is 0 Å². The summed E-state index contributed by atoms with van der Waals surface area (Å²) < 4.78 is 23.8. The van der Waals surface area contributed by atoms with Crippen molar-refractivity contribution < 1.29 is 13.7 Å². The van der Waals surface area contributed by atoms with E-state index in [9.17, 15) is 4.21 Å². The first-order valence-corrected chi connectivity index (χ1v) is 9.52. The zero-order valence-electron chi connectivity index (χ0n) is 13.9. The molecule has 0 radical (unpaired) electrons. The van der Waals surface area contributed by atoms with Gasteiger partial charge in [-0.15, -0.1) is 0 Å². The standard InChI is InChI=1S/C18H19N3O3S/c1-23-9-7-12-10-13-16(19-8-6-17(13)24-12)11-25(22)18-20-14-4-2-3-5-15(14)21-18/h2-6,8,12H,7,9-11H2,1H3,(H,20,21). The largest absolute Gasteiger partial charge is 0.490 e. The van der Waals surface area contributed by atoms with Crippen molar-refractivity contribution in [3.63, 3.8) is 0 Å². The quantitative estimate of drug-likeness (QED) is 0.734. The normalized spacial score (nSPS) is 17.4. The Morgan fingerprint density at radius 3 is 3.08 bits per heavy atom. The summed E-state index contributed by atoms with van der Waals surface area (Å²) >= 11 is 0. The second-order valence-electron chi connectivity index (χ2n) is 6.01. The monoisotopic (exact) mass is 357 g/mol. The molecule has 3 aromatic rings. The lowest BCUT2D eigenvalue weighted by atomic mass is 10.1. The van der Waals surface area contributed by atoms with E-state index in [0.717, 1.165) is 40.9 Å². The Labute approximate surface area is 148 Å². The lowest BCUT2D eigenvalue weighted by molar-refractivity contribution is 0.138. The van der Waals surface area contributed by atoms with Crippen LogP contribution in [-0.2, 0) is 27.7 Å². The minimum atomic E-state index is -1.29. The lowest BCUT2D eigenvalue weighted by Gasteiger charge is -2.08. The van der Waals surface area contributed by atoms with Crippen LogP contribution in [0.15, 0.2) is 41.7 Å². The first-order chi connectivity index (χ1) is 12.2.